The van der Waals surface area contributed by atoms with Crippen LogP contribution in [0.2, 0.25) is 10.0 Å². The Balaban J connectivity index is 0.00000208. The summed E-state index contributed by atoms with van der Waals surface area (Å²) in [6.07, 6.45) is 5.43. The average molecular weight is 392 g/mol. The molecule has 2 heterocycles. The van der Waals surface area contributed by atoms with Gasteiger partial charge < -0.3 is 10.2 Å². The van der Waals surface area contributed by atoms with E-state index < -0.39 is 0 Å². The second-order valence-electron chi connectivity index (χ2n) is 7.03. The highest BCUT2D eigenvalue weighted by Gasteiger charge is 2.35. The fourth-order valence-corrected chi connectivity index (χ4v) is 4.56. The number of fused-ring (bicyclic) bond motifs is 2. The van der Waals surface area contributed by atoms with Crippen molar-refractivity contribution in [1.82, 2.24) is 10.2 Å². The Morgan fingerprint density at radius 2 is 1.92 bits per heavy atom. The summed E-state index contributed by atoms with van der Waals surface area (Å²) in [4.78, 5) is 14.5. The van der Waals surface area contributed by atoms with Crippen LogP contribution in [0.3, 0.4) is 0 Å². The molecule has 2 fully saturated rings. The number of rotatable bonds is 4. The highest BCUT2D eigenvalue weighted by Crippen LogP contribution is 2.34. The SMILES string of the molecule is CC(c1ccc(Cl)cc1Cl)N(C)C(=O)CC1CC2CCC(C1)N2.Cl. The molecular weight excluding hydrogens is 367 g/mol. The lowest BCUT2D eigenvalue weighted by Gasteiger charge is -2.32. The van der Waals surface area contributed by atoms with E-state index in [1.54, 1.807) is 6.07 Å². The molecule has 2 aliphatic heterocycles. The van der Waals surface area contributed by atoms with Crippen molar-refractivity contribution in [2.45, 2.75) is 57.2 Å². The predicted octanol–water partition coefficient (Wildman–Crippen LogP) is 4.86. The number of amides is 1. The van der Waals surface area contributed by atoms with E-state index in [1.807, 2.05) is 31.0 Å². The summed E-state index contributed by atoms with van der Waals surface area (Å²) in [5.74, 6) is 0.714. The van der Waals surface area contributed by atoms with Crippen LogP contribution < -0.4 is 5.32 Å². The molecule has 134 valence electrons. The van der Waals surface area contributed by atoms with Gasteiger partial charge in [0.15, 0.2) is 0 Å². The Bertz CT molecular complexity index is 584. The Morgan fingerprint density at radius 3 is 2.50 bits per heavy atom. The van der Waals surface area contributed by atoms with Crippen LogP contribution in [0.5, 0.6) is 0 Å². The number of hydrogen-bond acceptors (Lipinski definition) is 2. The van der Waals surface area contributed by atoms with Crippen LogP contribution in [-0.2, 0) is 4.79 Å². The molecule has 2 bridgehead atoms. The van der Waals surface area contributed by atoms with Crippen LogP contribution in [0.25, 0.3) is 0 Å². The fraction of sp³-hybridized carbons (Fsp3) is 0.611. The van der Waals surface area contributed by atoms with E-state index in [1.165, 1.54) is 12.8 Å². The van der Waals surface area contributed by atoms with Crippen LogP contribution in [0, 0.1) is 5.92 Å². The maximum absolute atomic E-state index is 12.7. The summed E-state index contributed by atoms with van der Waals surface area (Å²) in [6, 6.07) is 6.66. The number of nitrogens with one attached hydrogen (secondary N) is 1. The van der Waals surface area contributed by atoms with E-state index in [9.17, 15) is 4.79 Å². The van der Waals surface area contributed by atoms with Crippen LogP contribution in [0.4, 0.5) is 0 Å². The second kappa shape index (κ2) is 8.27. The Kier molecular flexibility index (Phi) is 6.83. The predicted molar refractivity (Wildman–Crippen MR) is 102 cm³/mol. The number of benzene rings is 1. The molecule has 6 heteroatoms. The molecule has 0 radical (unpaired) electrons. The maximum Gasteiger partial charge on any atom is 0.223 e. The number of halogens is 3. The van der Waals surface area contributed by atoms with Crippen molar-refractivity contribution in [2.24, 2.45) is 5.92 Å². The average Bonchev–Trinajstić information content (AvgIpc) is 2.84. The molecule has 3 nitrogen and oxygen atoms in total. The minimum atomic E-state index is -0.0503. The van der Waals surface area contributed by atoms with Gasteiger partial charge in [0.05, 0.1) is 6.04 Å². The zero-order valence-electron chi connectivity index (χ0n) is 14.1. The summed E-state index contributed by atoms with van der Waals surface area (Å²) >= 11 is 12.2. The van der Waals surface area contributed by atoms with Gasteiger partial charge in [-0.25, -0.2) is 0 Å². The zero-order valence-corrected chi connectivity index (χ0v) is 16.4. The van der Waals surface area contributed by atoms with Gasteiger partial charge in [0.1, 0.15) is 0 Å². The molecule has 2 aliphatic rings. The molecule has 3 unspecified atom stereocenters. The van der Waals surface area contributed by atoms with Gasteiger partial charge in [0.2, 0.25) is 5.91 Å². The molecule has 0 saturated carbocycles. The van der Waals surface area contributed by atoms with Crippen molar-refractivity contribution in [1.29, 1.82) is 0 Å². The topological polar surface area (TPSA) is 32.3 Å². The first-order chi connectivity index (χ1) is 10.9. The van der Waals surface area contributed by atoms with Gasteiger partial charge in [-0.2, -0.15) is 0 Å². The van der Waals surface area contributed by atoms with Crippen LogP contribution in [-0.4, -0.2) is 29.9 Å². The lowest BCUT2D eigenvalue weighted by atomic mass is 9.89. The normalized spacial score (nSPS) is 26.6. The van der Waals surface area contributed by atoms with Crippen molar-refractivity contribution in [3.63, 3.8) is 0 Å². The largest absolute Gasteiger partial charge is 0.339 e. The molecule has 2 saturated heterocycles. The smallest absolute Gasteiger partial charge is 0.223 e. The summed E-state index contributed by atoms with van der Waals surface area (Å²) in [7, 11) is 1.87. The monoisotopic (exact) mass is 390 g/mol. The Labute approximate surface area is 160 Å². The molecule has 1 aromatic carbocycles. The first kappa shape index (κ1) is 19.8. The van der Waals surface area contributed by atoms with Gasteiger partial charge in [0.25, 0.3) is 0 Å². The Hall–Kier alpha value is -0.480. The molecule has 1 aromatic rings. The number of hydrogen-bond donors (Lipinski definition) is 1. The van der Waals surface area contributed by atoms with Crippen molar-refractivity contribution in [2.75, 3.05) is 7.05 Å². The number of piperidine rings is 1. The van der Waals surface area contributed by atoms with Crippen LogP contribution in [0.15, 0.2) is 18.2 Å². The molecule has 1 amide bonds. The molecule has 0 aliphatic carbocycles. The highest BCUT2D eigenvalue weighted by atomic mass is 35.5. The third kappa shape index (κ3) is 4.37. The molecule has 0 spiro atoms. The maximum atomic E-state index is 12.7. The molecule has 3 rings (SSSR count). The minimum Gasteiger partial charge on any atom is -0.339 e. The lowest BCUT2D eigenvalue weighted by molar-refractivity contribution is -0.133. The van der Waals surface area contributed by atoms with Crippen molar-refractivity contribution in [3.05, 3.63) is 33.8 Å². The number of carbonyl (C=O) groups excluding carboxylic acids is 1. The summed E-state index contributed by atoms with van der Waals surface area (Å²) in [5.41, 5.74) is 0.942. The molecule has 0 aromatic heterocycles. The van der Waals surface area contributed by atoms with E-state index in [0.29, 0.717) is 34.5 Å². The summed E-state index contributed by atoms with van der Waals surface area (Å²) < 4.78 is 0. The minimum absolute atomic E-state index is 0. The fourth-order valence-electron chi connectivity index (χ4n) is 4.00. The van der Waals surface area contributed by atoms with Crippen LogP contribution in [0.1, 0.15) is 50.6 Å². The number of carbonyl (C=O) groups is 1. The zero-order chi connectivity index (χ0) is 16.6. The van der Waals surface area contributed by atoms with Gasteiger partial charge in [-0.05, 0) is 56.2 Å². The van der Waals surface area contributed by atoms with E-state index >= 15 is 0 Å². The van der Waals surface area contributed by atoms with Gasteiger partial charge in [-0.15, -0.1) is 12.4 Å². The van der Waals surface area contributed by atoms with Crippen LogP contribution >= 0.6 is 35.6 Å². The molecule has 24 heavy (non-hydrogen) atoms. The van der Waals surface area contributed by atoms with Gasteiger partial charge in [0, 0.05) is 35.6 Å². The van der Waals surface area contributed by atoms with Crippen molar-refractivity contribution < 1.29 is 4.79 Å². The number of nitrogens with zero attached hydrogens (tertiary/aromatic N) is 1. The van der Waals surface area contributed by atoms with Gasteiger partial charge in [-0.3, -0.25) is 4.79 Å². The first-order valence-corrected chi connectivity index (χ1v) is 9.16. The third-order valence-corrected chi connectivity index (χ3v) is 5.98. The van der Waals surface area contributed by atoms with Gasteiger partial charge in [-0.1, -0.05) is 29.3 Å². The first-order valence-electron chi connectivity index (χ1n) is 8.40. The quantitative estimate of drug-likeness (QED) is 0.795. The molecule has 3 atom stereocenters. The van der Waals surface area contributed by atoms with Crippen molar-refractivity contribution in [3.8, 4) is 0 Å². The summed E-state index contributed by atoms with van der Waals surface area (Å²) in [6.45, 7) is 2.01. The van der Waals surface area contributed by atoms with E-state index in [2.05, 4.69) is 5.32 Å². The third-order valence-electron chi connectivity index (χ3n) is 5.42. The van der Waals surface area contributed by atoms with Gasteiger partial charge >= 0.3 is 0 Å². The molecule has 1 N–H and O–H groups in total. The standard InChI is InChI=1S/C18H24Cl2N2O.ClH/c1-11(16-6-3-13(19)10-17(16)20)22(2)18(23)9-12-7-14-4-5-15(8-12)21-14;/h3,6,10-12,14-15,21H,4-5,7-9H2,1-2H3;1H. The van der Waals surface area contributed by atoms with E-state index in [4.69, 9.17) is 23.2 Å². The van der Waals surface area contributed by atoms with Crippen molar-refractivity contribution >= 4 is 41.5 Å². The Morgan fingerprint density at radius 1 is 1.29 bits per heavy atom. The van der Waals surface area contributed by atoms with E-state index in [0.717, 1.165) is 18.4 Å². The highest BCUT2D eigenvalue weighted by molar-refractivity contribution is 6.35. The van der Waals surface area contributed by atoms with E-state index in [-0.39, 0.29) is 24.4 Å². The molecular formula is C18H25Cl3N2O. The summed E-state index contributed by atoms with van der Waals surface area (Å²) in [5, 5.41) is 4.86. The lowest BCUT2D eigenvalue weighted by Crippen LogP contribution is -2.40. The second-order valence-corrected chi connectivity index (χ2v) is 7.87.